The second-order valence-electron chi connectivity index (χ2n) is 7.18. The van der Waals surface area contributed by atoms with E-state index in [1.54, 1.807) is 30.3 Å². The minimum Gasteiger partial charge on any atom is -0.452 e. The summed E-state index contributed by atoms with van der Waals surface area (Å²) in [6.45, 7) is 1.27. The molecule has 4 amide bonds. The van der Waals surface area contributed by atoms with Crippen molar-refractivity contribution in [2.45, 2.75) is 32.3 Å². The molecule has 2 N–H and O–H groups in total. The smallest absolute Gasteiger partial charge is 0.308 e. The molecule has 1 saturated heterocycles. The van der Waals surface area contributed by atoms with Crippen LogP contribution in [0.2, 0.25) is 0 Å². The molecule has 9 nitrogen and oxygen atoms in total. The van der Waals surface area contributed by atoms with E-state index >= 15 is 0 Å². The number of carbonyl (C=O) groups is 5. The molecule has 0 spiro atoms. The molecule has 0 aromatic heterocycles. The number of nitrogens with zero attached hydrogens (tertiary/aromatic N) is 1. The quantitative estimate of drug-likeness (QED) is 0.307. The average molecular weight is 413 g/mol. The van der Waals surface area contributed by atoms with Gasteiger partial charge in [-0.3, -0.25) is 39.7 Å². The van der Waals surface area contributed by atoms with E-state index in [-0.39, 0.29) is 36.6 Å². The minimum atomic E-state index is -1.16. The third-order valence-corrected chi connectivity index (χ3v) is 5.15. The van der Waals surface area contributed by atoms with Gasteiger partial charge in [-0.1, -0.05) is 30.4 Å². The van der Waals surface area contributed by atoms with Crippen LogP contribution < -0.4 is 10.9 Å². The maximum atomic E-state index is 12.4. The Hall–Kier alpha value is -3.49. The Kier molecular flexibility index (Phi) is 6.61. The fourth-order valence-corrected chi connectivity index (χ4v) is 3.48. The first-order valence-electron chi connectivity index (χ1n) is 9.73. The molecule has 0 radical (unpaired) electrons. The number of nitrogens with one attached hydrogen (secondary N) is 2. The van der Waals surface area contributed by atoms with Gasteiger partial charge in [0.05, 0.1) is 18.3 Å². The van der Waals surface area contributed by atoms with Crippen molar-refractivity contribution in [2.24, 2.45) is 11.8 Å². The molecule has 2 aliphatic rings. The molecule has 0 unspecified atom stereocenters. The Balaban J connectivity index is 1.42. The average Bonchev–Trinajstić information content (AvgIpc) is 3.01. The van der Waals surface area contributed by atoms with Gasteiger partial charge in [0, 0.05) is 12.1 Å². The number of amides is 4. The number of hydrazine groups is 1. The van der Waals surface area contributed by atoms with Gasteiger partial charge in [0.25, 0.3) is 11.8 Å². The van der Waals surface area contributed by atoms with Crippen molar-refractivity contribution in [1.82, 2.24) is 15.8 Å². The van der Waals surface area contributed by atoms with Crippen LogP contribution >= 0.6 is 0 Å². The molecule has 0 bridgehead atoms. The van der Waals surface area contributed by atoms with E-state index in [0.29, 0.717) is 18.4 Å². The van der Waals surface area contributed by atoms with Crippen molar-refractivity contribution in [3.63, 3.8) is 0 Å². The second-order valence-corrected chi connectivity index (χ2v) is 7.18. The largest absolute Gasteiger partial charge is 0.452 e. The van der Waals surface area contributed by atoms with Gasteiger partial charge in [-0.2, -0.15) is 0 Å². The van der Waals surface area contributed by atoms with Gasteiger partial charge in [-0.05, 0) is 31.9 Å². The number of ether oxygens (including phenoxy) is 1. The number of fused-ring (bicyclic) bond motifs is 1. The topological polar surface area (TPSA) is 122 Å². The normalized spacial score (nSPS) is 21.0. The molecule has 3 atom stereocenters. The number of rotatable bonds is 6. The van der Waals surface area contributed by atoms with Gasteiger partial charge >= 0.3 is 5.97 Å². The predicted octanol–water partition coefficient (Wildman–Crippen LogP) is 0.721. The van der Waals surface area contributed by atoms with E-state index in [9.17, 15) is 24.0 Å². The lowest BCUT2D eigenvalue weighted by Crippen LogP contribution is -2.46. The first kappa shape index (κ1) is 21.2. The maximum Gasteiger partial charge on any atom is 0.308 e. The zero-order valence-corrected chi connectivity index (χ0v) is 16.5. The van der Waals surface area contributed by atoms with Crippen molar-refractivity contribution in [1.29, 1.82) is 0 Å². The summed E-state index contributed by atoms with van der Waals surface area (Å²) in [6, 6.07) is 8.28. The number of carbonyl (C=O) groups excluding carboxylic acids is 5. The Morgan fingerprint density at radius 1 is 1.03 bits per heavy atom. The lowest BCUT2D eigenvalue weighted by atomic mass is 9.85. The number of hydrogen-bond acceptors (Lipinski definition) is 6. The van der Waals surface area contributed by atoms with Gasteiger partial charge in [0.2, 0.25) is 11.8 Å². The number of hydrogen-bond donors (Lipinski definition) is 2. The van der Waals surface area contributed by atoms with Gasteiger partial charge < -0.3 is 4.74 Å². The van der Waals surface area contributed by atoms with Crippen LogP contribution in [0.1, 0.15) is 36.5 Å². The third-order valence-electron chi connectivity index (χ3n) is 5.15. The molecule has 158 valence electrons. The summed E-state index contributed by atoms with van der Waals surface area (Å²) in [5.74, 6) is -3.18. The summed E-state index contributed by atoms with van der Waals surface area (Å²) >= 11 is 0. The highest BCUT2D eigenvalue weighted by Crippen LogP contribution is 2.34. The van der Waals surface area contributed by atoms with E-state index in [2.05, 4.69) is 10.9 Å². The molecule has 1 aliphatic heterocycles. The molecule has 9 heteroatoms. The van der Waals surface area contributed by atoms with Crippen molar-refractivity contribution >= 4 is 29.6 Å². The Bertz CT molecular complexity index is 856. The highest BCUT2D eigenvalue weighted by atomic mass is 16.5. The summed E-state index contributed by atoms with van der Waals surface area (Å²) in [4.78, 5) is 61.8. The summed E-state index contributed by atoms with van der Waals surface area (Å²) in [5.41, 5.74) is 4.79. The Morgan fingerprint density at radius 3 is 2.23 bits per heavy atom. The maximum absolute atomic E-state index is 12.4. The highest BCUT2D eigenvalue weighted by molar-refractivity contribution is 6.05. The van der Waals surface area contributed by atoms with E-state index < -0.39 is 23.9 Å². The van der Waals surface area contributed by atoms with Gasteiger partial charge in [-0.15, -0.1) is 0 Å². The Morgan fingerprint density at radius 2 is 1.63 bits per heavy atom. The molecule has 30 heavy (non-hydrogen) atoms. The van der Waals surface area contributed by atoms with Gasteiger partial charge in [0.1, 0.15) is 0 Å². The third kappa shape index (κ3) is 4.73. The van der Waals surface area contributed by atoms with Crippen LogP contribution in [-0.4, -0.2) is 47.1 Å². The lowest BCUT2D eigenvalue weighted by Gasteiger charge is -2.16. The molecule has 3 rings (SSSR count). The number of esters is 1. The summed E-state index contributed by atoms with van der Waals surface area (Å²) < 4.78 is 5.04. The molecule has 1 aromatic carbocycles. The Labute approximate surface area is 173 Å². The second kappa shape index (κ2) is 9.34. The summed E-state index contributed by atoms with van der Waals surface area (Å²) in [5, 5.41) is 0. The number of imide groups is 1. The van der Waals surface area contributed by atoms with Gasteiger partial charge in [-0.25, -0.2) is 0 Å². The van der Waals surface area contributed by atoms with E-state index in [1.807, 2.05) is 12.2 Å². The summed E-state index contributed by atoms with van der Waals surface area (Å²) in [7, 11) is 0. The molecule has 1 fully saturated rings. The highest BCUT2D eigenvalue weighted by Gasteiger charge is 2.47. The zero-order valence-electron chi connectivity index (χ0n) is 16.5. The van der Waals surface area contributed by atoms with Crippen molar-refractivity contribution in [3.05, 3.63) is 48.0 Å². The predicted molar refractivity (Wildman–Crippen MR) is 104 cm³/mol. The molecule has 0 saturated carbocycles. The van der Waals surface area contributed by atoms with Gasteiger partial charge in [0.15, 0.2) is 6.10 Å². The molecule has 1 aliphatic carbocycles. The first-order valence-corrected chi connectivity index (χ1v) is 9.73. The minimum absolute atomic E-state index is 0.0808. The van der Waals surface area contributed by atoms with E-state index in [4.69, 9.17) is 4.74 Å². The summed E-state index contributed by atoms with van der Waals surface area (Å²) in [6.07, 6.45) is 3.47. The number of likely N-dealkylation sites (tertiary alicyclic amines) is 1. The van der Waals surface area contributed by atoms with Crippen LogP contribution in [0, 0.1) is 11.8 Å². The fourth-order valence-electron chi connectivity index (χ4n) is 3.48. The SMILES string of the molecule is C[C@H](OC(=O)CCN1C(=O)[C@H]2CC=CC[C@@H]2C1=O)C(=O)NNC(=O)c1ccccc1. The molecular weight excluding hydrogens is 390 g/mol. The molecular formula is C21H23N3O6. The fraction of sp³-hybridized carbons (Fsp3) is 0.381. The van der Waals surface area contributed by atoms with E-state index in [1.165, 1.54) is 6.92 Å². The van der Waals surface area contributed by atoms with Crippen LogP contribution in [0.5, 0.6) is 0 Å². The van der Waals surface area contributed by atoms with Crippen LogP contribution in [0.4, 0.5) is 0 Å². The number of allylic oxidation sites excluding steroid dienone is 2. The zero-order chi connectivity index (χ0) is 21.7. The number of benzene rings is 1. The van der Waals surface area contributed by atoms with Crippen LogP contribution in [0.25, 0.3) is 0 Å². The molecule has 1 aromatic rings. The first-order chi connectivity index (χ1) is 14.4. The molecule has 1 heterocycles. The van der Waals surface area contributed by atoms with Crippen LogP contribution in [-0.2, 0) is 23.9 Å². The monoisotopic (exact) mass is 413 g/mol. The van der Waals surface area contributed by atoms with E-state index in [0.717, 1.165) is 4.90 Å². The lowest BCUT2D eigenvalue weighted by molar-refractivity contribution is -0.155. The van der Waals surface area contributed by atoms with Crippen molar-refractivity contribution < 1.29 is 28.7 Å². The van der Waals surface area contributed by atoms with Crippen LogP contribution in [0.3, 0.4) is 0 Å². The standard InChI is InChI=1S/C21H23N3O6/c1-13(18(26)22-23-19(27)14-7-3-2-4-8-14)30-17(25)11-12-24-20(28)15-9-5-6-10-16(15)21(24)29/h2-8,13,15-16H,9-12H2,1H3,(H,22,26)(H,23,27)/t13-,15-,16-/m0/s1. The van der Waals surface area contributed by atoms with Crippen molar-refractivity contribution in [3.8, 4) is 0 Å². The van der Waals surface area contributed by atoms with Crippen molar-refractivity contribution in [2.75, 3.05) is 6.54 Å². The van der Waals surface area contributed by atoms with Crippen LogP contribution in [0.15, 0.2) is 42.5 Å².